The van der Waals surface area contributed by atoms with Gasteiger partial charge >= 0.3 is 0 Å². The van der Waals surface area contributed by atoms with Crippen LogP contribution in [0.3, 0.4) is 0 Å². The fourth-order valence-electron chi connectivity index (χ4n) is 3.87. The molecule has 0 spiro atoms. The smallest absolute Gasteiger partial charge is 0.243 e. The fourth-order valence-corrected chi connectivity index (χ4v) is 3.87. The van der Waals surface area contributed by atoms with Crippen LogP contribution in [-0.2, 0) is 20.8 Å². The standard InChI is InChI=1S/C25H31N3O3/c1-19-8-11-22(12-9-19)26-23(29)18-27(2)25(31)21-14-16-28(17-15-21)24(30)13-10-20-6-4-3-5-7-20/h3-9,11-12,21H,10,13-18H2,1-2H3,(H,26,29). The quantitative estimate of drug-likeness (QED) is 0.746. The molecule has 1 heterocycles. The highest BCUT2D eigenvalue weighted by atomic mass is 16.2. The van der Waals surface area contributed by atoms with Crippen molar-refractivity contribution in [2.24, 2.45) is 5.92 Å². The summed E-state index contributed by atoms with van der Waals surface area (Å²) >= 11 is 0. The van der Waals surface area contributed by atoms with Crippen LogP contribution in [0.5, 0.6) is 0 Å². The molecular weight excluding hydrogens is 390 g/mol. The van der Waals surface area contributed by atoms with Gasteiger partial charge in [-0.1, -0.05) is 48.0 Å². The van der Waals surface area contributed by atoms with Crippen molar-refractivity contribution in [2.45, 2.75) is 32.6 Å². The Morgan fingerprint density at radius 3 is 2.29 bits per heavy atom. The molecule has 6 heteroatoms. The van der Waals surface area contributed by atoms with Crippen molar-refractivity contribution in [1.29, 1.82) is 0 Å². The Morgan fingerprint density at radius 2 is 1.65 bits per heavy atom. The lowest BCUT2D eigenvalue weighted by atomic mass is 9.95. The molecule has 0 saturated carbocycles. The van der Waals surface area contributed by atoms with Crippen LogP contribution in [0.1, 0.15) is 30.4 Å². The molecule has 0 radical (unpaired) electrons. The van der Waals surface area contributed by atoms with Gasteiger partial charge in [-0.2, -0.15) is 0 Å². The number of nitrogens with zero attached hydrogens (tertiary/aromatic N) is 2. The number of carbonyl (C=O) groups is 3. The van der Waals surface area contributed by atoms with Crippen molar-refractivity contribution < 1.29 is 14.4 Å². The van der Waals surface area contributed by atoms with E-state index >= 15 is 0 Å². The van der Waals surface area contributed by atoms with E-state index in [-0.39, 0.29) is 30.2 Å². The van der Waals surface area contributed by atoms with E-state index in [1.165, 1.54) is 4.90 Å². The first-order valence-corrected chi connectivity index (χ1v) is 10.9. The number of likely N-dealkylation sites (N-methyl/N-ethyl adjacent to an activating group) is 1. The summed E-state index contributed by atoms with van der Waals surface area (Å²) in [4.78, 5) is 40.9. The van der Waals surface area contributed by atoms with Crippen molar-refractivity contribution in [2.75, 3.05) is 32.0 Å². The maximum atomic E-state index is 12.8. The van der Waals surface area contributed by atoms with Crippen LogP contribution < -0.4 is 5.32 Å². The van der Waals surface area contributed by atoms with Gasteiger partial charge in [0.25, 0.3) is 0 Å². The van der Waals surface area contributed by atoms with Crippen LogP contribution in [0.25, 0.3) is 0 Å². The molecule has 6 nitrogen and oxygen atoms in total. The molecule has 3 rings (SSSR count). The van der Waals surface area contributed by atoms with E-state index < -0.39 is 0 Å². The number of piperidine rings is 1. The second-order valence-corrected chi connectivity index (χ2v) is 8.25. The molecule has 0 atom stereocenters. The first kappa shape index (κ1) is 22.5. The van der Waals surface area contributed by atoms with E-state index in [9.17, 15) is 14.4 Å². The number of nitrogens with one attached hydrogen (secondary N) is 1. The Kier molecular flexibility index (Phi) is 7.82. The second kappa shape index (κ2) is 10.8. The van der Waals surface area contributed by atoms with Crippen LogP contribution in [0.15, 0.2) is 54.6 Å². The van der Waals surface area contributed by atoms with E-state index in [0.717, 1.165) is 23.2 Å². The normalized spacial score (nSPS) is 14.2. The summed E-state index contributed by atoms with van der Waals surface area (Å²) in [5, 5.41) is 2.82. The summed E-state index contributed by atoms with van der Waals surface area (Å²) in [6.45, 7) is 3.18. The van der Waals surface area contributed by atoms with Crippen LogP contribution in [-0.4, -0.2) is 54.2 Å². The lowest BCUT2D eigenvalue weighted by molar-refractivity contribution is -0.141. The van der Waals surface area contributed by atoms with E-state index in [1.807, 2.05) is 66.4 Å². The zero-order valence-corrected chi connectivity index (χ0v) is 18.3. The summed E-state index contributed by atoms with van der Waals surface area (Å²) in [5.74, 6) is -0.250. The second-order valence-electron chi connectivity index (χ2n) is 8.25. The van der Waals surface area contributed by atoms with Gasteiger partial charge in [0.05, 0.1) is 6.54 Å². The van der Waals surface area contributed by atoms with Crippen LogP contribution >= 0.6 is 0 Å². The molecule has 1 aliphatic rings. The van der Waals surface area contributed by atoms with Crippen molar-refractivity contribution in [3.05, 3.63) is 65.7 Å². The predicted octanol–water partition coefficient (Wildman–Crippen LogP) is 3.26. The van der Waals surface area contributed by atoms with E-state index in [4.69, 9.17) is 0 Å². The molecule has 1 saturated heterocycles. The van der Waals surface area contributed by atoms with Crippen LogP contribution in [0.2, 0.25) is 0 Å². The summed E-state index contributed by atoms with van der Waals surface area (Å²) in [7, 11) is 1.66. The minimum Gasteiger partial charge on any atom is -0.343 e. The van der Waals surface area contributed by atoms with Crippen molar-refractivity contribution in [3.63, 3.8) is 0 Å². The third kappa shape index (κ3) is 6.67. The highest BCUT2D eigenvalue weighted by molar-refractivity contribution is 5.94. The maximum absolute atomic E-state index is 12.8. The Balaban J connectivity index is 1.40. The number of anilines is 1. The minimum absolute atomic E-state index is 0.0168. The SMILES string of the molecule is Cc1ccc(NC(=O)CN(C)C(=O)C2CCN(C(=O)CCc3ccccc3)CC2)cc1. The summed E-state index contributed by atoms with van der Waals surface area (Å²) in [6.07, 6.45) is 2.50. The van der Waals surface area contributed by atoms with Crippen molar-refractivity contribution in [3.8, 4) is 0 Å². The van der Waals surface area contributed by atoms with Gasteiger partial charge in [0.2, 0.25) is 17.7 Å². The number of amides is 3. The lowest BCUT2D eigenvalue weighted by Gasteiger charge is -2.33. The number of rotatable bonds is 7. The highest BCUT2D eigenvalue weighted by Crippen LogP contribution is 2.20. The largest absolute Gasteiger partial charge is 0.343 e. The molecule has 1 N–H and O–H groups in total. The number of hydrogen-bond donors (Lipinski definition) is 1. The minimum atomic E-state index is -0.215. The lowest BCUT2D eigenvalue weighted by Crippen LogP contribution is -2.45. The van der Waals surface area contributed by atoms with Gasteiger partial charge in [-0.15, -0.1) is 0 Å². The molecule has 2 aromatic carbocycles. The number of hydrogen-bond acceptors (Lipinski definition) is 3. The first-order valence-electron chi connectivity index (χ1n) is 10.9. The predicted molar refractivity (Wildman–Crippen MR) is 122 cm³/mol. The topological polar surface area (TPSA) is 69.7 Å². The van der Waals surface area contributed by atoms with Gasteiger partial charge < -0.3 is 15.1 Å². The molecule has 31 heavy (non-hydrogen) atoms. The number of likely N-dealkylation sites (tertiary alicyclic amines) is 1. The molecule has 3 amide bonds. The molecule has 0 aliphatic carbocycles. The number of carbonyl (C=O) groups excluding carboxylic acids is 3. The average Bonchev–Trinajstić information content (AvgIpc) is 2.79. The molecule has 164 valence electrons. The van der Waals surface area contributed by atoms with Crippen molar-refractivity contribution in [1.82, 2.24) is 9.80 Å². The van der Waals surface area contributed by atoms with Gasteiger partial charge in [-0.3, -0.25) is 14.4 Å². The van der Waals surface area contributed by atoms with Crippen molar-refractivity contribution >= 4 is 23.4 Å². The van der Waals surface area contributed by atoms with E-state index in [0.29, 0.717) is 32.4 Å². The van der Waals surface area contributed by atoms with E-state index in [2.05, 4.69) is 5.32 Å². The molecule has 0 bridgehead atoms. The number of benzene rings is 2. The number of aryl methyl sites for hydroxylation is 2. The third-order valence-electron chi connectivity index (χ3n) is 5.76. The fraction of sp³-hybridized carbons (Fsp3) is 0.400. The van der Waals surface area contributed by atoms with Gasteiger partial charge in [-0.05, 0) is 43.9 Å². The van der Waals surface area contributed by atoms with Gasteiger partial charge in [-0.25, -0.2) is 0 Å². The molecule has 0 unspecified atom stereocenters. The summed E-state index contributed by atoms with van der Waals surface area (Å²) in [5.41, 5.74) is 3.00. The Bertz CT molecular complexity index is 888. The monoisotopic (exact) mass is 421 g/mol. The van der Waals surface area contributed by atoms with Crippen LogP contribution in [0.4, 0.5) is 5.69 Å². The highest BCUT2D eigenvalue weighted by Gasteiger charge is 2.29. The summed E-state index contributed by atoms with van der Waals surface area (Å²) in [6, 6.07) is 17.5. The maximum Gasteiger partial charge on any atom is 0.243 e. The van der Waals surface area contributed by atoms with Gasteiger partial charge in [0, 0.05) is 38.2 Å². The molecule has 1 aliphatic heterocycles. The summed E-state index contributed by atoms with van der Waals surface area (Å²) < 4.78 is 0. The van der Waals surface area contributed by atoms with Gasteiger partial charge in [0.15, 0.2) is 0 Å². The molecule has 1 fully saturated rings. The Labute approximate surface area is 184 Å². The first-order chi connectivity index (χ1) is 14.9. The molecule has 0 aromatic heterocycles. The zero-order chi connectivity index (χ0) is 22.2. The molecular formula is C25H31N3O3. The average molecular weight is 422 g/mol. The third-order valence-corrected chi connectivity index (χ3v) is 5.76. The van der Waals surface area contributed by atoms with Gasteiger partial charge in [0.1, 0.15) is 0 Å². The van der Waals surface area contributed by atoms with E-state index in [1.54, 1.807) is 7.05 Å². The molecule has 2 aromatic rings. The Hall–Kier alpha value is -3.15. The Morgan fingerprint density at radius 1 is 1.00 bits per heavy atom. The van der Waals surface area contributed by atoms with Crippen LogP contribution in [0, 0.1) is 12.8 Å². The zero-order valence-electron chi connectivity index (χ0n) is 18.3.